The molecule has 0 aliphatic heterocycles. The van der Waals surface area contributed by atoms with Crippen molar-refractivity contribution in [1.82, 2.24) is 14.8 Å². The number of carboxylic acid groups (broad SMARTS) is 4. The highest BCUT2D eigenvalue weighted by atomic mass is 16.5. The normalized spacial score (nSPS) is 12.9. The Labute approximate surface area is 341 Å². The van der Waals surface area contributed by atoms with Gasteiger partial charge in [-0.1, -0.05) is 122 Å². The van der Waals surface area contributed by atoms with E-state index in [4.69, 9.17) is 25.2 Å². The molecule has 0 bridgehead atoms. The molecule has 0 spiro atoms. The van der Waals surface area contributed by atoms with Crippen LogP contribution in [0.3, 0.4) is 0 Å². The summed E-state index contributed by atoms with van der Waals surface area (Å²) in [5.41, 5.74) is 1.13. The third-order valence-corrected chi connectivity index (χ3v) is 9.62. The second-order valence-electron chi connectivity index (χ2n) is 15.2. The Hall–Kier alpha value is -3.97. The Bertz CT molecular complexity index is 1270. The van der Waals surface area contributed by atoms with Crippen molar-refractivity contribution >= 4 is 23.9 Å². The lowest BCUT2D eigenvalue weighted by Crippen LogP contribution is -2.26. The largest absolute Gasteiger partial charge is 0.488 e. The summed E-state index contributed by atoms with van der Waals surface area (Å²) in [4.78, 5) is 53.3. The summed E-state index contributed by atoms with van der Waals surface area (Å²) < 4.78 is 8.37. The number of nitrogens with zero attached hydrogens (tertiary/aromatic N) is 2. The molecule has 1 saturated carbocycles. The van der Waals surface area contributed by atoms with Crippen LogP contribution in [-0.4, -0.2) is 87.6 Å². The number of hydrogen-bond donors (Lipinski definition) is 5. The lowest BCUT2D eigenvalue weighted by atomic mass is 9.89. The van der Waals surface area contributed by atoms with Gasteiger partial charge in [0.15, 0.2) is 5.75 Å². The van der Waals surface area contributed by atoms with Gasteiger partial charge in [0.25, 0.3) is 0 Å². The molecule has 5 N–H and O–H groups in total. The van der Waals surface area contributed by atoms with E-state index in [0.717, 1.165) is 44.7 Å². The van der Waals surface area contributed by atoms with Crippen LogP contribution in [0.2, 0.25) is 0 Å². The summed E-state index contributed by atoms with van der Waals surface area (Å²) in [6.45, 7) is 6.74. The summed E-state index contributed by atoms with van der Waals surface area (Å²) in [7, 11) is 4.22. The Morgan fingerprint density at radius 3 is 1.56 bits per heavy atom. The number of aromatic nitrogens is 1. The minimum atomic E-state index is -1.26. The molecule has 0 saturated heterocycles. The summed E-state index contributed by atoms with van der Waals surface area (Å²) in [6.07, 6.45) is 33.9. The van der Waals surface area contributed by atoms with Crippen molar-refractivity contribution in [3.8, 4) is 5.75 Å². The molecule has 1 aromatic rings. The number of pyridine rings is 1. The molecule has 0 unspecified atom stereocenters. The number of unbranched alkanes of at least 4 members (excludes halogenated alkanes) is 15. The Morgan fingerprint density at radius 1 is 0.702 bits per heavy atom. The highest BCUT2D eigenvalue weighted by molar-refractivity contribution is 5.90. The first kappa shape index (κ1) is 53.0. The molecule has 0 amide bonds. The first-order valence-electron chi connectivity index (χ1n) is 21.3. The van der Waals surface area contributed by atoms with Gasteiger partial charge in [0.2, 0.25) is 5.43 Å². The van der Waals surface area contributed by atoms with Crippen molar-refractivity contribution in [2.45, 2.75) is 161 Å². The van der Waals surface area contributed by atoms with Crippen LogP contribution in [0, 0.1) is 5.92 Å². The molecule has 0 atom stereocenters. The van der Waals surface area contributed by atoms with Gasteiger partial charge >= 0.3 is 23.9 Å². The van der Waals surface area contributed by atoms with E-state index in [1.165, 1.54) is 128 Å². The van der Waals surface area contributed by atoms with Crippen LogP contribution in [0.4, 0.5) is 0 Å². The van der Waals surface area contributed by atoms with Crippen LogP contribution in [-0.2, 0) is 32.3 Å². The first-order valence-corrected chi connectivity index (χ1v) is 21.3. The maximum atomic E-state index is 12.9. The number of carbonyl (C=O) groups is 4. The molecule has 1 heterocycles. The van der Waals surface area contributed by atoms with Crippen molar-refractivity contribution in [3.05, 3.63) is 52.5 Å². The number of aliphatic carboxylic acids is 4. The second-order valence-corrected chi connectivity index (χ2v) is 15.2. The summed E-state index contributed by atoms with van der Waals surface area (Å²) in [5, 5.41) is 34.8. The molecular formula is C44H75N3O10. The van der Waals surface area contributed by atoms with Crippen LogP contribution in [0.1, 0.15) is 154 Å². The summed E-state index contributed by atoms with van der Waals surface area (Å²) in [6, 6.07) is 1.82. The van der Waals surface area contributed by atoms with Crippen LogP contribution in [0.5, 0.6) is 5.75 Å². The molecule has 13 nitrogen and oxygen atoms in total. The monoisotopic (exact) mass is 806 g/mol. The SMILES string of the molecule is CCCCCCCCCCCCCCCCCCOc1cn(CC2CCCCC2)c(CNCCCN(C)C)cc1=O.O=C(O)/C=C/C(=O)O.O=C(O)/C=C/C(=O)O. The fourth-order valence-electron chi connectivity index (χ4n) is 6.53. The molecule has 1 aliphatic rings. The van der Waals surface area contributed by atoms with Gasteiger partial charge in [0.1, 0.15) is 0 Å². The predicted octanol–water partition coefficient (Wildman–Crippen LogP) is 8.53. The maximum Gasteiger partial charge on any atom is 0.328 e. The van der Waals surface area contributed by atoms with E-state index >= 15 is 0 Å². The Kier molecular flexibility index (Phi) is 33.8. The number of ether oxygens (including phenoxy) is 1. The Balaban J connectivity index is 0.00000163. The van der Waals surface area contributed by atoms with Crippen LogP contribution in [0.15, 0.2) is 41.4 Å². The van der Waals surface area contributed by atoms with Crippen LogP contribution < -0.4 is 15.5 Å². The van der Waals surface area contributed by atoms with Crippen molar-refractivity contribution < 1.29 is 44.3 Å². The molecule has 1 aliphatic carbocycles. The van der Waals surface area contributed by atoms with Crippen LogP contribution >= 0.6 is 0 Å². The van der Waals surface area contributed by atoms with Crippen molar-refractivity contribution in [3.63, 3.8) is 0 Å². The zero-order valence-electron chi connectivity index (χ0n) is 35.3. The molecule has 0 aromatic carbocycles. The number of carboxylic acids is 4. The molecule has 57 heavy (non-hydrogen) atoms. The Morgan fingerprint density at radius 2 is 1.14 bits per heavy atom. The van der Waals surface area contributed by atoms with Gasteiger partial charge in [-0.3, -0.25) is 4.79 Å². The van der Waals surface area contributed by atoms with Crippen molar-refractivity contribution in [2.24, 2.45) is 5.92 Å². The van der Waals surface area contributed by atoms with E-state index in [9.17, 15) is 24.0 Å². The molecule has 1 aromatic heterocycles. The third-order valence-electron chi connectivity index (χ3n) is 9.62. The van der Waals surface area contributed by atoms with Crippen molar-refractivity contribution in [1.29, 1.82) is 0 Å². The van der Waals surface area contributed by atoms with Crippen LogP contribution in [0.25, 0.3) is 0 Å². The molecule has 0 radical (unpaired) electrons. The topological polar surface area (TPSA) is 196 Å². The van der Waals surface area contributed by atoms with Gasteiger partial charge in [-0.2, -0.15) is 0 Å². The van der Waals surface area contributed by atoms with Gasteiger partial charge in [-0.15, -0.1) is 0 Å². The minimum Gasteiger partial charge on any atom is -0.488 e. The quantitative estimate of drug-likeness (QED) is 0.0368. The fraction of sp³-hybridized carbons (Fsp3) is 0.705. The van der Waals surface area contributed by atoms with E-state index in [1.54, 1.807) is 0 Å². The van der Waals surface area contributed by atoms with E-state index in [1.807, 2.05) is 12.3 Å². The average molecular weight is 806 g/mol. The van der Waals surface area contributed by atoms with E-state index < -0.39 is 23.9 Å². The maximum absolute atomic E-state index is 12.9. The summed E-state index contributed by atoms with van der Waals surface area (Å²) in [5.74, 6) is -3.77. The number of rotatable bonds is 30. The highest BCUT2D eigenvalue weighted by Gasteiger charge is 2.16. The lowest BCUT2D eigenvalue weighted by Gasteiger charge is -2.25. The first-order chi connectivity index (χ1) is 27.3. The van der Waals surface area contributed by atoms with Gasteiger partial charge in [0.05, 0.1) is 12.8 Å². The molecule has 13 heteroatoms. The minimum absolute atomic E-state index is 0.0338. The standard InChI is InChI=1S/C36H67N3O2.2C4H4O4/c1-4-5-6-7-8-9-10-11-12-13-14-15-16-17-18-22-28-41-36-32-39(31-33-24-20-19-21-25-33)34(29-35(36)40)30-37-26-23-27-38(2)3;2*5-3(6)1-2-4(7)8/h29,32-33,37H,4-28,30-31H2,1-3H3;2*1-2H,(H,5,6)(H,7,8)/b;2*2-1+. The van der Waals surface area contributed by atoms with E-state index in [-0.39, 0.29) is 5.43 Å². The molecule has 1 fully saturated rings. The van der Waals surface area contributed by atoms with E-state index in [0.29, 0.717) is 42.6 Å². The second kappa shape index (κ2) is 36.4. The highest BCUT2D eigenvalue weighted by Crippen LogP contribution is 2.26. The van der Waals surface area contributed by atoms with Crippen molar-refractivity contribution in [2.75, 3.05) is 33.8 Å². The number of nitrogens with one attached hydrogen (secondary N) is 1. The molecular weight excluding hydrogens is 730 g/mol. The summed E-state index contributed by atoms with van der Waals surface area (Å²) >= 11 is 0. The zero-order chi connectivity index (χ0) is 42.5. The van der Waals surface area contributed by atoms with E-state index in [2.05, 4.69) is 35.8 Å². The lowest BCUT2D eigenvalue weighted by molar-refractivity contribution is -0.134. The predicted molar refractivity (Wildman–Crippen MR) is 226 cm³/mol. The van der Waals surface area contributed by atoms with Gasteiger partial charge < -0.3 is 39.9 Å². The average Bonchev–Trinajstić information content (AvgIpc) is 3.16. The van der Waals surface area contributed by atoms with Gasteiger partial charge in [-0.05, 0) is 58.8 Å². The number of hydrogen-bond acceptors (Lipinski definition) is 8. The van der Waals surface area contributed by atoms with Gasteiger partial charge in [0, 0.05) is 49.2 Å². The van der Waals surface area contributed by atoms with Gasteiger partial charge in [-0.25, -0.2) is 19.2 Å². The fourth-order valence-corrected chi connectivity index (χ4v) is 6.53. The molecule has 326 valence electrons. The molecule has 2 rings (SSSR count). The smallest absolute Gasteiger partial charge is 0.328 e. The third kappa shape index (κ3) is 35.0. The zero-order valence-corrected chi connectivity index (χ0v) is 35.3.